The molecule has 0 radical (unpaired) electrons. The Balaban J connectivity index is 1.76. The fourth-order valence-corrected chi connectivity index (χ4v) is 3.13. The maximum atomic E-state index is 3.22. The minimum absolute atomic E-state index is 0.975. The fourth-order valence-electron chi connectivity index (χ4n) is 2.31. The highest BCUT2D eigenvalue weighted by atomic mass is 32.2. The van der Waals surface area contributed by atoms with E-state index in [0.717, 1.165) is 22.3 Å². The molecule has 0 fully saturated rings. The van der Waals surface area contributed by atoms with Crippen molar-refractivity contribution in [1.82, 2.24) is 0 Å². The number of thioether (sulfide) groups is 2. The second-order valence-corrected chi connectivity index (χ2v) is 7.30. The lowest BCUT2D eigenvalue weighted by atomic mass is 10.1. The van der Waals surface area contributed by atoms with Gasteiger partial charge in [-0.05, 0) is 79.2 Å². The first kappa shape index (κ1) is 18.3. The molecule has 0 aromatic heterocycles. The molecule has 0 spiro atoms. The molecule has 0 aliphatic carbocycles. The van der Waals surface area contributed by atoms with Crippen LogP contribution in [0.5, 0.6) is 0 Å². The van der Waals surface area contributed by atoms with Crippen LogP contribution in [0.1, 0.15) is 22.3 Å². The Morgan fingerprint density at radius 2 is 0.885 bits per heavy atom. The van der Waals surface area contributed by atoms with E-state index in [0.29, 0.717) is 0 Å². The second-order valence-electron chi connectivity index (χ2n) is 5.54. The third kappa shape index (κ3) is 5.24. The van der Waals surface area contributed by atoms with Gasteiger partial charge in [-0.2, -0.15) is 0 Å². The average molecular weight is 371 g/mol. The number of hydrogen-bond donors (Lipinski definition) is 0. The summed E-state index contributed by atoms with van der Waals surface area (Å²) in [6.45, 7) is 0. The Kier molecular flexibility index (Phi) is 6.50. The predicted octanol–water partition coefficient (Wildman–Crippen LogP) is 5.93. The molecular formula is C24H18S2. The molecule has 0 atom stereocenters. The van der Waals surface area contributed by atoms with Gasteiger partial charge in [0, 0.05) is 32.0 Å². The van der Waals surface area contributed by atoms with Crippen molar-refractivity contribution in [3.63, 3.8) is 0 Å². The molecule has 0 unspecified atom stereocenters. The van der Waals surface area contributed by atoms with Crippen molar-refractivity contribution in [2.75, 3.05) is 12.5 Å². The fraction of sp³-hybridized carbons (Fsp3) is 0.0833. The summed E-state index contributed by atoms with van der Waals surface area (Å²) in [5.41, 5.74) is 3.99. The zero-order valence-electron chi connectivity index (χ0n) is 14.7. The van der Waals surface area contributed by atoms with Gasteiger partial charge < -0.3 is 0 Å². The summed E-state index contributed by atoms with van der Waals surface area (Å²) in [5.74, 6) is 12.9. The summed E-state index contributed by atoms with van der Waals surface area (Å²) in [6.07, 6.45) is 4.15. The molecule has 3 aromatic rings. The molecule has 0 bridgehead atoms. The smallest absolute Gasteiger partial charge is 0.0261 e. The normalized spacial score (nSPS) is 9.62. The molecule has 0 saturated carbocycles. The van der Waals surface area contributed by atoms with E-state index in [1.807, 2.05) is 24.3 Å². The standard InChI is InChI=1S/C24H18S2/c1-25-23-14-10-19(11-15-23)6-8-21-4-3-5-22(18-21)9-7-20-12-16-24(26-2)17-13-20/h3-5,10-18H,1-2H3. The van der Waals surface area contributed by atoms with Crippen molar-refractivity contribution < 1.29 is 0 Å². The molecule has 0 aliphatic rings. The van der Waals surface area contributed by atoms with Crippen LogP contribution < -0.4 is 0 Å². The van der Waals surface area contributed by atoms with Crippen LogP contribution in [0.15, 0.2) is 82.6 Å². The van der Waals surface area contributed by atoms with Crippen LogP contribution in [0.3, 0.4) is 0 Å². The number of benzene rings is 3. The van der Waals surface area contributed by atoms with Gasteiger partial charge in [-0.3, -0.25) is 0 Å². The van der Waals surface area contributed by atoms with Crippen LogP contribution in [0.25, 0.3) is 0 Å². The van der Waals surface area contributed by atoms with Crippen molar-refractivity contribution >= 4 is 23.5 Å². The van der Waals surface area contributed by atoms with Gasteiger partial charge in [-0.1, -0.05) is 29.7 Å². The molecule has 0 heterocycles. The van der Waals surface area contributed by atoms with Crippen LogP contribution >= 0.6 is 23.5 Å². The molecule has 0 aliphatic heterocycles. The summed E-state index contributed by atoms with van der Waals surface area (Å²) < 4.78 is 0. The van der Waals surface area contributed by atoms with Crippen molar-refractivity contribution in [2.24, 2.45) is 0 Å². The minimum Gasteiger partial charge on any atom is -0.130 e. The number of hydrogen-bond acceptors (Lipinski definition) is 2. The molecule has 3 rings (SSSR count). The van der Waals surface area contributed by atoms with Gasteiger partial charge in [0.1, 0.15) is 0 Å². The Hall–Kier alpha value is -2.52. The van der Waals surface area contributed by atoms with E-state index in [4.69, 9.17) is 0 Å². The molecular weight excluding hydrogens is 352 g/mol. The zero-order valence-corrected chi connectivity index (χ0v) is 16.4. The zero-order chi connectivity index (χ0) is 18.2. The molecule has 0 saturated heterocycles. The molecule has 0 nitrogen and oxygen atoms in total. The van der Waals surface area contributed by atoms with Gasteiger partial charge in [0.05, 0.1) is 0 Å². The molecule has 2 heteroatoms. The quantitative estimate of drug-likeness (QED) is 0.405. The van der Waals surface area contributed by atoms with Gasteiger partial charge in [-0.25, -0.2) is 0 Å². The lowest BCUT2D eigenvalue weighted by Crippen LogP contribution is -1.80. The largest absolute Gasteiger partial charge is 0.130 e. The maximum absolute atomic E-state index is 3.22. The lowest BCUT2D eigenvalue weighted by molar-refractivity contribution is 1.45. The highest BCUT2D eigenvalue weighted by Crippen LogP contribution is 2.15. The highest BCUT2D eigenvalue weighted by Gasteiger charge is 1.93. The monoisotopic (exact) mass is 370 g/mol. The Morgan fingerprint density at radius 3 is 1.27 bits per heavy atom. The van der Waals surface area contributed by atoms with E-state index < -0.39 is 0 Å². The molecule has 0 N–H and O–H groups in total. The van der Waals surface area contributed by atoms with E-state index in [1.54, 1.807) is 23.5 Å². The summed E-state index contributed by atoms with van der Waals surface area (Å²) in [7, 11) is 0. The summed E-state index contributed by atoms with van der Waals surface area (Å²) in [5, 5.41) is 0. The Labute approximate surface area is 164 Å². The van der Waals surface area contributed by atoms with Gasteiger partial charge in [0.15, 0.2) is 0 Å². The molecule has 0 amide bonds. The van der Waals surface area contributed by atoms with E-state index in [-0.39, 0.29) is 0 Å². The van der Waals surface area contributed by atoms with E-state index in [2.05, 4.69) is 84.7 Å². The van der Waals surface area contributed by atoms with Crippen LogP contribution in [-0.4, -0.2) is 12.5 Å². The maximum Gasteiger partial charge on any atom is 0.0261 e. The first-order chi connectivity index (χ1) is 12.8. The van der Waals surface area contributed by atoms with Gasteiger partial charge in [-0.15, -0.1) is 23.5 Å². The van der Waals surface area contributed by atoms with Crippen LogP contribution in [-0.2, 0) is 0 Å². The van der Waals surface area contributed by atoms with Crippen molar-refractivity contribution in [1.29, 1.82) is 0 Å². The number of rotatable bonds is 2. The molecule has 126 valence electrons. The van der Waals surface area contributed by atoms with Crippen molar-refractivity contribution in [3.8, 4) is 23.7 Å². The summed E-state index contributed by atoms with van der Waals surface area (Å²) in [6, 6.07) is 24.7. The predicted molar refractivity (Wildman–Crippen MR) is 115 cm³/mol. The Bertz CT molecular complexity index is 912. The Morgan fingerprint density at radius 1 is 0.500 bits per heavy atom. The first-order valence-electron chi connectivity index (χ1n) is 8.19. The first-order valence-corrected chi connectivity index (χ1v) is 10.6. The second kappa shape index (κ2) is 9.25. The summed E-state index contributed by atoms with van der Waals surface area (Å²) >= 11 is 3.47. The average Bonchev–Trinajstić information content (AvgIpc) is 2.72. The SMILES string of the molecule is CSc1ccc(C#Cc2cccc(C#Cc3ccc(SC)cc3)c2)cc1. The highest BCUT2D eigenvalue weighted by molar-refractivity contribution is 7.98. The molecule has 26 heavy (non-hydrogen) atoms. The van der Waals surface area contributed by atoms with Crippen LogP contribution in [0, 0.1) is 23.7 Å². The van der Waals surface area contributed by atoms with E-state index in [9.17, 15) is 0 Å². The minimum atomic E-state index is 0.975. The van der Waals surface area contributed by atoms with Gasteiger partial charge >= 0.3 is 0 Å². The van der Waals surface area contributed by atoms with Gasteiger partial charge in [0.25, 0.3) is 0 Å². The molecule has 3 aromatic carbocycles. The lowest BCUT2D eigenvalue weighted by Gasteiger charge is -1.96. The van der Waals surface area contributed by atoms with E-state index in [1.165, 1.54) is 9.79 Å². The third-order valence-electron chi connectivity index (χ3n) is 3.74. The van der Waals surface area contributed by atoms with Gasteiger partial charge in [0.2, 0.25) is 0 Å². The van der Waals surface area contributed by atoms with E-state index >= 15 is 0 Å². The van der Waals surface area contributed by atoms with Crippen LogP contribution in [0.2, 0.25) is 0 Å². The van der Waals surface area contributed by atoms with Crippen LogP contribution in [0.4, 0.5) is 0 Å². The third-order valence-corrected chi connectivity index (χ3v) is 5.23. The topological polar surface area (TPSA) is 0 Å². The summed E-state index contributed by atoms with van der Waals surface area (Å²) in [4.78, 5) is 2.50. The van der Waals surface area contributed by atoms with Crippen molar-refractivity contribution in [3.05, 3.63) is 95.1 Å². The van der Waals surface area contributed by atoms with Crippen molar-refractivity contribution in [2.45, 2.75) is 9.79 Å².